The molecule has 0 spiro atoms. The monoisotopic (exact) mass is 577 g/mol. The third-order valence-electron chi connectivity index (χ3n) is 7.25. The van der Waals surface area contributed by atoms with Gasteiger partial charge in [0, 0.05) is 30.8 Å². The number of ether oxygens (including phenoxy) is 4. The van der Waals surface area contributed by atoms with Crippen molar-refractivity contribution in [2.45, 2.75) is 46.4 Å². The Morgan fingerprint density at radius 3 is 2.67 bits per heavy atom. The smallest absolute Gasteiger partial charge is 0.161 e. The van der Waals surface area contributed by atoms with Gasteiger partial charge in [-0.1, -0.05) is 30.3 Å². The lowest BCUT2D eigenvalue weighted by Gasteiger charge is -2.20. The zero-order valence-corrected chi connectivity index (χ0v) is 24.5. The van der Waals surface area contributed by atoms with Crippen LogP contribution in [0.1, 0.15) is 47.7 Å². The summed E-state index contributed by atoms with van der Waals surface area (Å²) in [5.74, 6) is 3.07. The van der Waals surface area contributed by atoms with Gasteiger partial charge in [0.15, 0.2) is 11.5 Å². The van der Waals surface area contributed by atoms with Crippen LogP contribution >= 0.6 is 0 Å². The predicted molar refractivity (Wildman–Crippen MR) is 163 cm³/mol. The lowest BCUT2D eigenvalue weighted by Crippen LogP contribution is -2.16. The summed E-state index contributed by atoms with van der Waals surface area (Å²) in [6.45, 7) is 6.73. The van der Waals surface area contributed by atoms with Gasteiger partial charge in [0.2, 0.25) is 0 Å². The third kappa shape index (κ3) is 7.91. The Bertz CT molecular complexity index is 1630. The molecule has 0 aliphatic carbocycles. The zero-order valence-electron chi connectivity index (χ0n) is 24.5. The van der Waals surface area contributed by atoms with E-state index in [1.807, 2.05) is 36.4 Å². The minimum Gasteiger partial charge on any atom is -0.489 e. The standard InChI is InChI=1S/C35H35N3O5/c1-24(39)5-4-13-37-21-28-8-10-31(19-34(28)43-23-30-17-26(20-36)12-14-38-30)42-22-29-6-3-7-32(25(29)2)27-9-11-33-35(18-27)41-16-15-40-33/h3,6-12,14,17-19,37H,4-5,13,15-16,21-23H2,1-2H3. The summed E-state index contributed by atoms with van der Waals surface area (Å²) < 4.78 is 23.9. The van der Waals surface area contributed by atoms with Crippen LogP contribution in [0.25, 0.3) is 11.1 Å². The molecule has 3 aromatic carbocycles. The highest BCUT2D eigenvalue weighted by atomic mass is 16.6. The summed E-state index contributed by atoms with van der Waals surface area (Å²) in [6, 6.07) is 23.6. The van der Waals surface area contributed by atoms with Crippen molar-refractivity contribution in [3.63, 3.8) is 0 Å². The third-order valence-corrected chi connectivity index (χ3v) is 7.25. The van der Waals surface area contributed by atoms with Crippen LogP contribution < -0.4 is 24.3 Å². The van der Waals surface area contributed by atoms with Crippen LogP contribution in [-0.4, -0.2) is 30.5 Å². The SMILES string of the molecule is CC(=O)CCCNCc1ccc(OCc2cccc(-c3ccc4c(c3)OCCO4)c2C)cc1OCc1cc(C#N)ccn1. The highest BCUT2D eigenvalue weighted by Gasteiger charge is 2.15. The number of carbonyl (C=O) groups is 1. The lowest BCUT2D eigenvalue weighted by atomic mass is 9.96. The number of nitrogens with zero attached hydrogens (tertiary/aromatic N) is 2. The molecule has 5 rings (SSSR count). The summed E-state index contributed by atoms with van der Waals surface area (Å²) in [4.78, 5) is 15.6. The van der Waals surface area contributed by atoms with Crippen molar-refractivity contribution in [1.29, 1.82) is 5.26 Å². The molecular weight excluding hydrogens is 542 g/mol. The van der Waals surface area contributed by atoms with Crippen LogP contribution in [-0.2, 0) is 24.6 Å². The van der Waals surface area contributed by atoms with Crippen molar-refractivity contribution >= 4 is 5.78 Å². The molecule has 2 heterocycles. The second kappa shape index (κ2) is 14.3. The first-order valence-corrected chi connectivity index (χ1v) is 14.4. The molecule has 1 aliphatic heterocycles. The first-order valence-electron chi connectivity index (χ1n) is 14.4. The van der Waals surface area contributed by atoms with E-state index in [9.17, 15) is 10.1 Å². The molecule has 220 valence electrons. The topological polar surface area (TPSA) is 103 Å². The fraction of sp³-hybridized carbons (Fsp3) is 0.286. The average Bonchev–Trinajstić information content (AvgIpc) is 3.03. The van der Waals surface area contributed by atoms with Gasteiger partial charge in [-0.05, 0) is 79.4 Å². The van der Waals surface area contributed by atoms with Crippen LogP contribution in [0.2, 0.25) is 0 Å². The summed E-state index contributed by atoms with van der Waals surface area (Å²) in [7, 11) is 0. The van der Waals surface area contributed by atoms with Gasteiger partial charge in [-0.25, -0.2) is 0 Å². The van der Waals surface area contributed by atoms with E-state index in [1.165, 1.54) is 0 Å². The van der Waals surface area contributed by atoms with E-state index in [-0.39, 0.29) is 12.4 Å². The van der Waals surface area contributed by atoms with Crippen molar-refractivity contribution in [2.24, 2.45) is 0 Å². The van der Waals surface area contributed by atoms with E-state index < -0.39 is 0 Å². The van der Waals surface area contributed by atoms with E-state index in [0.29, 0.717) is 55.5 Å². The average molecular weight is 578 g/mol. The minimum absolute atomic E-state index is 0.187. The molecule has 0 saturated carbocycles. The molecular formula is C35H35N3O5. The van der Waals surface area contributed by atoms with Gasteiger partial charge >= 0.3 is 0 Å². The number of nitriles is 1. The maximum Gasteiger partial charge on any atom is 0.161 e. The fourth-order valence-corrected chi connectivity index (χ4v) is 4.89. The van der Waals surface area contributed by atoms with E-state index in [2.05, 4.69) is 41.5 Å². The van der Waals surface area contributed by atoms with E-state index >= 15 is 0 Å². The molecule has 1 aliphatic rings. The number of benzene rings is 3. The molecule has 8 heteroatoms. The summed E-state index contributed by atoms with van der Waals surface area (Å²) >= 11 is 0. The normalized spacial score (nSPS) is 11.9. The lowest BCUT2D eigenvalue weighted by molar-refractivity contribution is -0.117. The van der Waals surface area contributed by atoms with Gasteiger partial charge < -0.3 is 29.1 Å². The van der Waals surface area contributed by atoms with Crippen molar-refractivity contribution in [1.82, 2.24) is 10.3 Å². The first-order chi connectivity index (χ1) is 21.0. The maximum absolute atomic E-state index is 11.3. The Morgan fingerprint density at radius 1 is 0.977 bits per heavy atom. The Morgan fingerprint density at radius 2 is 1.84 bits per heavy atom. The summed E-state index contributed by atoms with van der Waals surface area (Å²) in [5.41, 5.74) is 6.54. The summed E-state index contributed by atoms with van der Waals surface area (Å²) in [5, 5.41) is 12.6. The van der Waals surface area contributed by atoms with E-state index in [1.54, 1.807) is 25.3 Å². The molecule has 0 unspecified atom stereocenters. The number of hydrogen-bond acceptors (Lipinski definition) is 8. The predicted octanol–water partition coefficient (Wildman–Crippen LogP) is 6.32. The number of pyridine rings is 1. The molecule has 8 nitrogen and oxygen atoms in total. The molecule has 1 N–H and O–H groups in total. The Hall–Kier alpha value is -4.87. The highest BCUT2D eigenvalue weighted by molar-refractivity contribution is 5.75. The Kier molecular flexibility index (Phi) is 9.88. The quantitative estimate of drug-likeness (QED) is 0.184. The largest absolute Gasteiger partial charge is 0.489 e. The fourth-order valence-electron chi connectivity index (χ4n) is 4.89. The van der Waals surface area contributed by atoms with Crippen LogP contribution in [0.3, 0.4) is 0 Å². The molecule has 1 aromatic heterocycles. The zero-order chi connectivity index (χ0) is 30.0. The van der Waals surface area contributed by atoms with Gasteiger partial charge in [-0.15, -0.1) is 0 Å². The number of fused-ring (bicyclic) bond motifs is 1. The number of rotatable bonds is 13. The van der Waals surface area contributed by atoms with Crippen molar-refractivity contribution in [2.75, 3.05) is 19.8 Å². The molecule has 0 radical (unpaired) electrons. The number of carbonyl (C=O) groups excluding carboxylic acids is 1. The van der Waals surface area contributed by atoms with Crippen molar-refractivity contribution in [3.05, 3.63) is 101 Å². The van der Waals surface area contributed by atoms with Crippen LogP contribution in [0.5, 0.6) is 23.0 Å². The molecule has 0 saturated heterocycles. The molecule has 0 amide bonds. The van der Waals surface area contributed by atoms with Crippen LogP contribution in [0.15, 0.2) is 72.9 Å². The number of ketones is 1. The second-order valence-electron chi connectivity index (χ2n) is 10.4. The Labute approximate surface area is 252 Å². The van der Waals surface area contributed by atoms with Crippen molar-refractivity contribution < 1.29 is 23.7 Å². The number of nitrogens with one attached hydrogen (secondary N) is 1. The maximum atomic E-state index is 11.3. The van der Waals surface area contributed by atoms with E-state index in [0.717, 1.165) is 52.3 Å². The highest BCUT2D eigenvalue weighted by Crippen LogP contribution is 2.36. The van der Waals surface area contributed by atoms with Gasteiger partial charge in [-0.2, -0.15) is 5.26 Å². The van der Waals surface area contributed by atoms with E-state index in [4.69, 9.17) is 18.9 Å². The first kappa shape index (κ1) is 29.6. The number of Topliss-reactive ketones (excluding diaryl/α,β-unsaturated/α-hetero) is 1. The molecule has 43 heavy (non-hydrogen) atoms. The van der Waals surface area contributed by atoms with Gasteiger partial charge in [-0.3, -0.25) is 4.98 Å². The van der Waals surface area contributed by atoms with Gasteiger partial charge in [0.25, 0.3) is 0 Å². The molecule has 0 fully saturated rings. The van der Waals surface area contributed by atoms with Crippen molar-refractivity contribution in [3.8, 4) is 40.2 Å². The number of aromatic nitrogens is 1. The second-order valence-corrected chi connectivity index (χ2v) is 10.4. The van der Waals surface area contributed by atoms with Gasteiger partial charge in [0.05, 0.1) is 17.3 Å². The van der Waals surface area contributed by atoms with Crippen LogP contribution in [0.4, 0.5) is 0 Å². The van der Waals surface area contributed by atoms with Crippen LogP contribution in [0, 0.1) is 18.3 Å². The molecule has 4 aromatic rings. The molecule has 0 bridgehead atoms. The minimum atomic E-state index is 0.187. The number of hydrogen-bond donors (Lipinski definition) is 1. The van der Waals surface area contributed by atoms with Gasteiger partial charge in [0.1, 0.15) is 43.7 Å². The molecule has 0 atom stereocenters. The Balaban J connectivity index is 1.30. The summed E-state index contributed by atoms with van der Waals surface area (Å²) in [6.07, 6.45) is 2.94.